The van der Waals surface area contributed by atoms with Crippen molar-refractivity contribution in [1.82, 2.24) is 24.5 Å². The Hall–Kier alpha value is -2.42. The first-order chi connectivity index (χ1) is 9.19. The lowest BCUT2D eigenvalue weighted by Crippen LogP contribution is -2.20. The van der Waals surface area contributed by atoms with Crippen LogP contribution in [0.15, 0.2) is 18.7 Å². The zero-order valence-electron chi connectivity index (χ0n) is 10.9. The Labute approximate surface area is 110 Å². The normalized spacial score (nSPS) is 10.3. The summed E-state index contributed by atoms with van der Waals surface area (Å²) < 4.78 is 1.96. The molecule has 0 aliphatic carbocycles. The lowest BCUT2D eigenvalue weighted by Gasteiger charge is -2.13. The maximum Gasteiger partial charge on any atom is 0.243 e. The number of hydrazine groups is 1. The zero-order chi connectivity index (χ0) is 13.7. The van der Waals surface area contributed by atoms with Crippen molar-refractivity contribution in [3.8, 4) is 0 Å². The highest BCUT2D eigenvalue weighted by molar-refractivity contribution is 5.42. The minimum Gasteiger partial charge on any atom is -0.352 e. The third-order valence-corrected chi connectivity index (χ3v) is 2.37. The number of rotatable bonds is 6. The van der Waals surface area contributed by atoms with E-state index in [9.17, 15) is 0 Å². The molecule has 0 saturated heterocycles. The first-order valence-electron chi connectivity index (χ1n) is 5.78. The monoisotopic (exact) mass is 263 g/mol. The summed E-state index contributed by atoms with van der Waals surface area (Å²) in [5, 5.41) is 3.12. The second kappa shape index (κ2) is 5.96. The summed E-state index contributed by atoms with van der Waals surface area (Å²) in [5.74, 6) is 6.67. The Morgan fingerprint density at radius 2 is 2.05 bits per heavy atom. The summed E-state index contributed by atoms with van der Waals surface area (Å²) in [6.07, 6.45) is 5.39. The van der Waals surface area contributed by atoms with Crippen LogP contribution in [-0.2, 0) is 6.54 Å². The Morgan fingerprint density at radius 1 is 1.26 bits per heavy atom. The van der Waals surface area contributed by atoms with Crippen LogP contribution in [0.25, 0.3) is 0 Å². The molecule has 4 N–H and O–H groups in total. The minimum atomic E-state index is 0.323. The van der Waals surface area contributed by atoms with Crippen molar-refractivity contribution in [3.63, 3.8) is 0 Å². The SMILES string of the molecule is CN(C)c1nc(NN)nc(NCCn2ccnc2)n1. The summed E-state index contributed by atoms with van der Waals surface area (Å²) in [7, 11) is 3.70. The smallest absolute Gasteiger partial charge is 0.243 e. The van der Waals surface area contributed by atoms with E-state index in [1.54, 1.807) is 17.4 Å². The fourth-order valence-corrected chi connectivity index (χ4v) is 1.42. The van der Waals surface area contributed by atoms with Crippen molar-refractivity contribution in [2.24, 2.45) is 5.84 Å². The molecular weight excluding hydrogens is 246 g/mol. The van der Waals surface area contributed by atoms with E-state index >= 15 is 0 Å². The van der Waals surface area contributed by atoms with Gasteiger partial charge in [0.2, 0.25) is 17.8 Å². The molecule has 0 spiro atoms. The Morgan fingerprint density at radius 3 is 2.68 bits per heavy atom. The zero-order valence-corrected chi connectivity index (χ0v) is 10.9. The number of aromatic nitrogens is 5. The highest BCUT2D eigenvalue weighted by atomic mass is 15.4. The van der Waals surface area contributed by atoms with Crippen LogP contribution in [0.2, 0.25) is 0 Å². The molecule has 0 aliphatic heterocycles. The summed E-state index contributed by atoms with van der Waals surface area (Å²) >= 11 is 0. The number of nitrogen functional groups attached to an aromatic ring is 1. The van der Waals surface area contributed by atoms with Crippen molar-refractivity contribution in [1.29, 1.82) is 0 Å². The van der Waals surface area contributed by atoms with Crippen LogP contribution in [0, 0.1) is 0 Å². The molecular formula is C10H17N9. The minimum absolute atomic E-state index is 0.323. The van der Waals surface area contributed by atoms with Crippen LogP contribution in [0.4, 0.5) is 17.8 Å². The highest BCUT2D eigenvalue weighted by Gasteiger charge is 2.06. The van der Waals surface area contributed by atoms with Crippen molar-refractivity contribution in [2.45, 2.75) is 6.54 Å². The van der Waals surface area contributed by atoms with Gasteiger partial charge in [-0.05, 0) is 0 Å². The average Bonchev–Trinajstić information content (AvgIpc) is 2.91. The topological polar surface area (TPSA) is 110 Å². The van der Waals surface area contributed by atoms with Crippen LogP contribution in [-0.4, -0.2) is 45.1 Å². The van der Waals surface area contributed by atoms with Gasteiger partial charge in [-0.3, -0.25) is 5.43 Å². The van der Waals surface area contributed by atoms with Crippen LogP contribution in [0.5, 0.6) is 0 Å². The van der Waals surface area contributed by atoms with Gasteiger partial charge in [-0.1, -0.05) is 0 Å². The van der Waals surface area contributed by atoms with Gasteiger partial charge in [-0.25, -0.2) is 10.8 Å². The van der Waals surface area contributed by atoms with E-state index in [0.717, 1.165) is 6.54 Å². The molecule has 0 aromatic carbocycles. The predicted molar refractivity (Wildman–Crippen MR) is 72.7 cm³/mol. The molecule has 2 heterocycles. The molecule has 0 bridgehead atoms. The fourth-order valence-electron chi connectivity index (χ4n) is 1.42. The van der Waals surface area contributed by atoms with E-state index in [-0.39, 0.29) is 0 Å². The second-order valence-corrected chi connectivity index (χ2v) is 4.05. The summed E-state index contributed by atoms with van der Waals surface area (Å²) in [6, 6.07) is 0. The van der Waals surface area contributed by atoms with Crippen LogP contribution < -0.4 is 21.5 Å². The molecule has 0 atom stereocenters. The molecule has 0 fully saturated rings. The van der Waals surface area contributed by atoms with Gasteiger partial charge in [0, 0.05) is 39.6 Å². The van der Waals surface area contributed by atoms with E-state index < -0.39 is 0 Å². The third kappa shape index (κ3) is 3.52. The van der Waals surface area contributed by atoms with Gasteiger partial charge in [0.15, 0.2) is 0 Å². The number of imidazole rings is 1. The second-order valence-electron chi connectivity index (χ2n) is 4.05. The van der Waals surface area contributed by atoms with Gasteiger partial charge < -0.3 is 14.8 Å². The fraction of sp³-hybridized carbons (Fsp3) is 0.400. The number of hydrogen-bond acceptors (Lipinski definition) is 8. The van der Waals surface area contributed by atoms with Gasteiger partial charge in [0.25, 0.3) is 0 Å². The Kier molecular flexibility index (Phi) is 4.08. The third-order valence-electron chi connectivity index (χ3n) is 2.37. The molecule has 2 aromatic rings. The molecule has 0 unspecified atom stereocenters. The molecule has 0 aliphatic rings. The molecule has 0 radical (unpaired) electrons. The lowest BCUT2D eigenvalue weighted by atomic mass is 10.6. The molecule has 19 heavy (non-hydrogen) atoms. The van der Waals surface area contributed by atoms with E-state index in [1.165, 1.54) is 0 Å². The maximum atomic E-state index is 5.33. The Bertz CT molecular complexity index is 508. The molecule has 2 rings (SSSR count). The van der Waals surface area contributed by atoms with Gasteiger partial charge >= 0.3 is 0 Å². The number of hydrogen-bond donors (Lipinski definition) is 3. The molecule has 9 nitrogen and oxygen atoms in total. The van der Waals surface area contributed by atoms with Crippen molar-refractivity contribution in [3.05, 3.63) is 18.7 Å². The summed E-state index contributed by atoms with van der Waals surface area (Å²) in [6.45, 7) is 1.45. The van der Waals surface area contributed by atoms with Crippen molar-refractivity contribution in [2.75, 3.05) is 36.3 Å². The van der Waals surface area contributed by atoms with Crippen LogP contribution in [0.3, 0.4) is 0 Å². The average molecular weight is 263 g/mol. The summed E-state index contributed by atoms with van der Waals surface area (Å²) in [4.78, 5) is 18.3. The quantitative estimate of drug-likeness (QED) is 0.474. The highest BCUT2D eigenvalue weighted by Crippen LogP contribution is 2.10. The van der Waals surface area contributed by atoms with Crippen molar-refractivity contribution < 1.29 is 0 Å². The standard InChI is InChI=1S/C10H17N9/c1-18(2)10-15-8(14-9(16-10)17-11)13-4-6-19-5-3-12-7-19/h3,5,7H,4,6,11H2,1-2H3,(H2,13,14,15,16,17). The van der Waals surface area contributed by atoms with E-state index in [0.29, 0.717) is 24.4 Å². The van der Waals surface area contributed by atoms with E-state index in [4.69, 9.17) is 5.84 Å². The number of nitrogens with two attached hydrogens (primary N) is 1. The molecule has 2 aromatic heterocycles. The number of nitrogens with one attached hydrogen (secondary N) is 2. The Balaban J connectivity index is 2.00. The number of nitrogens with zero attached hydrogens (tertiary/aromatic N) is 6. The van der Waals surface area contributed by atoms with Crippen LogP contribution in [0.1, 0.15) is 0 Å². The molecule has 0 amide bonds. The predicted octanol–water partition coefficient (Wildman–Crippen LogP) is -0.468. The van der Waals surface area contributed by atoms with Crippen molar-refractivity contribution >= 4 is 17.8 Å². The van der Waals surface area contributed by atoms with Gasteiger partial charge in [0.05, 0.1) is 6.33 Å². The van der Waals surface area contributed by atoms with Gasteiger partial charge in [-0.15, -0.1) is 0 Å². The van der Waals surface area contributed by atoms with E-state index in [2.05, 4.69) is 30.7 Å². The lowest BCUT2D eigenvalue weighted by molar-refractivity contribution is 0.722. The summed E-state index contributed by atoms with van der Waals surface area (Å²) in [5.41, 5.74) is 2.42. The largest absolute Gasteiger partial charge is 0.352 e. The molecule has 102 valence electrons. The van der Waals surface area contributed by atoms with E-state index in [1.807, 2.05) is 24.9 Å². The maximum absolute atomic E-state index is 5.33. The number of anilines is 3. The first-order valence-corrected chi connectivity index (χ1v) is 5.78. The van der Waals surface area contributed by atoms with Gasteiger partial charge in [0.1, 0.15) is 0 Å². The van der Waals surface area contributed by atoms with Gasteiger partial charge in [-0.2, -0.15) is 15.0 Å². The molecule has 9 heteroatoms. The first kappa shape index (κ1) is 13.0. The van der Waals surface area contributed by atoms with Crippen LogP contribution >= 0.6 is 0 Å². The molecule has 0 saturated carbocycles.